The van der Waals surface area contributed by atoms with Gasteiger partial charge in [0.15, 0.2) is 6.10 Å². The van der Waals surface area contributed by atoms with E-state index in [4.69, 9.17) is 27.9 Å². The lowest BCUT2D eigenvalue weighted by Crippen LogP contribution is -2.42. The lowest BCUT2D eigenvalue weighted by atomic mass is 10.3. The van der Waals surface area contributed by atoms with E-state index in [-0.39, 0.29) is 12.5 Å². The summed E-state index contributed by atoms with van der Waals surface area (Å²) in [7, 11) is 0. The Bertz CT molecular complexity index is 495. The third-order valence-corrected chi connectivity index (χ3v) is 2.89. The largest absolute Gasteiger partial charge is 0.479 e. The fraction of sp³-hybridized carbons (Fsp3) is 0.385. The van der Waals surface area contributed by atoms with Gasteiger partial charge in [-0.05, 0) is 32.0 Å². The van der Waals surface area contributed by atoms with Crippen molar-refractivity contribution in [1.82, 2.24) is 10.6 Å². The number of benzene rings is 1. The number of halogens is 2. The SMILES string of the molecule is CCNC(=O)CNC(=O)C(C)Oc1ccc(Cl)cc1Cl. The molecule has 5 nitrogen and oxygen atoms in total. The number of amides is 2. The van der Waals surface area contributed by atoms with E-state index < -0.39 is 12.0 Å². The number of carbonyl (C=O) groups is 2. The standard InChI is InChI=1S/C13H16Cl2N2O3/c1-3-16-12(18)7-17-13(19)8(2)20-11-5-4-9(14)6-10(11)15/h4-6,8H,3,7H2,1-2H3,(H,16,18)(H,17,19). The van der Waals surface area contributed by atoms with Gasteiger partial charge in [0.2, 0.25) is 5.91 Å². The molecule has 0 saturated carbocycles. The Kier molecular flexibility index (Phi) is 6.61. The number of likely N-dealkylation sites (N-methyl/N-ethyl adjacent to an activating group) is 1. The quantitative estimate of drug-likeness (QED) is 0.843. The van der Waals surface area contributed by atoms with Crippen molar-refractivity contribution in [3.63, 3.8) is 0 Å². The summed E-state index contributed by atoms with van der Waals surface area (Å²) in [5, 5.41) is 5.85. The van der Waals surface area contributed by atoms with E-state index in [9.17, 15) is 9.59 Å². The highest BCUT2D eigenvalue weighted by Crippen LogP contribution is 2.28. The van der Waals surface area contributed by atoms with Crippen molar-refractivity contribution in [3.05, 3.63) is 28.2 Å². The Morgan fingerprint density at radius 1 is 1.30 bits per heavy atom. The number of carbonyl (C=O) groups excluding carboxylic acids is 2. The van der Waals surface area contributed by atoms with Crippen molar-refractivity contribution in [1.29, 1.82) is 0 Å². The predicted octanol–water partition coefficient (Wildman–Crippen LogP) is 2.01. The smallest absolute Gasteiger partial charge is 0.261 e. The maximum absolute atomic E-state index is 11.7. The molecule has 1 unspecified atom stereocenters. The first-order valence-electron chi connectivity index (χ1n) is 6.10. The minimum absolute atomic E-state index is 0.0886. The minimum Gasteiger partial charge on any atom is -0.479 e. The second-order valence-corrected chi connectivity index (χ2v) is 4.85. The molecule has 110 valence electrons. The van der Waals surface area contributed by atoms with Gasteiger partial charge in [-0.2, -0.15) is 0 Å². The van der Waals surface area contributed by atoms with E-state index in [1.54, 1.807) is 26.0 Å². The molecule has 0 bridgehead atoms. The first kappa shape index (κ1) is 16.6. The average Bonchev–Trinajstić information content (AvgIpc) is 2.39. The van der Waals surface area contributed by atoms with Crippen LogP contribution in [0.15, 0.2) is 18.2 Å². The molecule has 0 heterocycles. The zero-order chi connectivity index (χ0) is 15.1. The molecule has 0 radical (unpaired) electrons. The van der Waals surface area contributed by atoms with E-state index in [0.29, 0.717) is 22.3 Å². The molecular formula is C13H16Cl2N2O3. The van der Waals surface area contributed by atoms with E-state index in [1.165, 1.54) is 6.07 Å². The van der Waals surface area contributed by atoms with Gasteiger partial charge in [0.05, 0.1) is 11.6 Å². The van der Waals surface area contributed by atoms with E-state index in [1.807, 2.05) is 0 Å². The molecule has 0 aliphatic rings. The molecule has 0 saturated heterocycles. The first-order valence-corrected chi connectivity index (χ1v) is 6.85. The molecule has 0 fully saturated rings. The van der Waals surface area contributed by atoms with Gasteiger partial charge >= 0.3 is 0 Å². The van der Waals surface area contributed by atoms with Crippen LogP contribution in [0.1, 0.15) is 13.8 Å². The third-order valence-electron chi connectivity index (χ3n) is 2.36. The minimum atomic E-state index is -0.775. The molecule has 0 aromatic heterocycles. The highest BCUT2D eigenvalue weighted by molar-refractivity contribution is 6.35. The number of rotatable bonds is 6. The van der Waals surface area contributed by atoms with Crippen LogP contribution in [0.5, 0.6) is 5.75 Å². The van der Waals surface area contributed by atoms with Gasteiger partial charge in [0.25, 0.3) is 5.91 Å². The number of nitrogens with one attached hydrogen (secondary N) is 2. The maximum Gasteiger partial charge on any atom is 0.261 e. The zero-order valence-corrected chi connectivity index (χ0v) is 12.7. The molecule has 2 amide bonds. The molecule has 1 aromatic carbocycles. The highest BCUT2D eigenvalue weighted by Gasteiger charge is 2.16. The van der Waals surface area contributed by atoms with Gasteiger partial charge in [0, 0.05) is 11.6 Å². The molecule has 2 N–H and O–H groups in total. The van der Waals surface area contributed by atoms with Gasteiger partial charge in [0.1, 0.15) is 5.75 Å². The molecular weight excluding hydrogens is 303 g/mol. The van der Waals surface area contributed by atoms with E-state index in [2.05, 4.69) is 10.6 Å². The summed E-state index contributed by atoms with van der Waals surface area (Å²) in [6, 6.07) is 4.72. The third kappa shape index (κ3) is 5.27. The fourth-order valence-corrected chi connectivity index (χ4v) is 1.84. The maximum atomic E-state index is 11.7. The number of hydrogen-bond acceptors (Lipinski definition) is 3. The van der Waals surface area contributed by atoms with Gasteiger partial charge in [-0.25, -0.2) is 0 Å². The Morgan fingerprint density at radius 2 is 2.00 bits per heavy atom. The average molecular weight is 319 g/mol. The van der Waals surface area contributed by atoms with Crippen molar-refractivity contribution in [2.24, 2.45) is 0 Å². The van der Waals surface area contributed by atoms with Crippen LogP contribution in [0, 0.1) is 0 Å². The molecule has 0 aliphatic carbocycles. The molecule has 1 rings (SSSR count). The van der Waals surface area contributed by atoms with Crippen LogP contribution in [0.2, 0.25) is 10.0 Å². The van der Waals surface area contributed by atoms with Gasteiger partial charge in [-0.15, -0.1) is 0 Å². The molecule has 1 aromatic rings. The topological polar surface area (TPSA) is 67.4 Å². The normalized spacial score (nSPS) is 11.6. The molecule has 20 heavy (non-hydrogen) atoms. The van der Waals surface area contributed by atoms with Gasteiger partial charge in [-0.3, -0.25) is 9.59 Å². The van der Waals surface area contributed by atoms with Crippen LogP contribution in [0.4, 0.5) is 0 Å². The van der Waals surface area contributed by atoms with Crippen LogP contribution in [0.3, 0.4) is 0 Å². The van der Waals surface area contributed by atoms with E-state index >= 15 is 0 Å². The van der Waals surface area contributed by atoms with Gasteiger partial charge in [-0.1, -0.05) is 23.2 Å². The summed E-state index contributed by atoms with van der Waals surface area (Å²) in [5.74, 6) is -0.295. The summed E-state index contributed by atoms with van der Waals surface area (Å²) in [6.07, 6.45) is -0.775. The van der Waals surface area contributed by atoms with E-state index in [0.717, 1.165) is 0 Å². The summed E-state index contributed by atoms with van der Waals surface area (Å²) in [4.78, 5) is 23.0. The van der Waals surface area contributed by atoms with Crippen LogP contribution in [0.25, 0.3) is 0 Å². The Balaban J connectivity index is 2.51. The van der Waals surface area contributed by atoms with Crippen LogP contribution < -0.4 is 15.4 Å². The van der Waals surface area contributed by atoms with Gasteiger partial charge < -0.3 is 15.4 Å². The van der Waals surface area contributed by atoms with Crippen molar-refractivity contribution < 1.29 is 14.3 Å². The lowest BCUT2D eigenvalue weighted by Gasteiger charge is -2.15. The lowest BCUT2D eigenvalue weighted by molar-refractivity contribution is -0.130. The van der Waals surface area contributed by atoms with Crippen LogP contribution in [-0.2, 0) is 9.59 Å². The van der Waals surface area contributed by atoms with Crippen LogP contribution in [-0.4, -0.2) is 31.0 Å². The second-order valence-electron chi connectivity index (χ2n) is 4.01. The van der Waals surface area contributed by atoms with Crippen molar-refractivity contribution in [2.45, 2.75) is 20.0 Å². The zero-order valence-electron chi connectivity index (χ0n) is 11.2. The second kappa shape index (κ2) is 7.97. The summed E-state index contributed by atoms with van der Waals surface area (Å²) in [5.41, 5.74) is 0. The molecule has 1 atom stereocenters. The fourth-order valence-electron chi connectivity index (χ4n) is 1.39. The van der Waals surface area contributed by atoms with Crippen molar-refractivity contribution in [2.75, 3.05) is 13.1 Å². The van der Waals surface area contributed by atoms with Crippen molar-refractivity contribution >= 4 is 35.0 Å². The molecule has 7 heteroatoms. The Labute approximate surface area is 127 Å². The predicted molar refractivity (Wildman–Crippen MR) is 78.2 cm³/mol. The van der Waals surface area contributed by atoms with Crippen molar-refractivity contribution in [3.8, 4) is 5.75 Å². The Hall–Kier alpha value is -1.46. The molecule has 0 aliphatic heterocycles. The first-order chi connectivity index (χ1) is 9.43. The Morgan fingerprint density at radius 3 is 2.60 bits per heavy atom. The number of hydrogen-bond donors (Lipinski definition) is 2. The summed E-state index contributed by atoms with van der Waals surface area (Å²) in [6.45, 7) is 3.79. The number of ether oxygens (including phenoxy) is 1. The highest BCUT2D eigenvalue weighted by atomic mass is 35.5. The van der Waals surface area contributed by atoms with Crippen LogP contribution >= 0.6 is 23.2 Å². The monoisotopic (exact) mass is 318 g/mol. The summed E-state index contributed by atoms with van der Waals surface area (Å²) < 4.78 is 5.42. The molecule has 0 spiro atoms. The summed E-state index contributed by atoms with van der Waals surface area (Å²) >= 11 is 11.7.